The van der Waals surface area contributed by atoms with Crippen LogP contribution in [0, 0.1) is 0 Å². The van der Waals surface area contributed by atoms with Crippen molar-refractivity contribution in [1.29, 1.82) is 0 Å². The number of alkyl carbamates (subject to hydrolysis) is 1. The molecule has 2 amide bonds. The van der Waals surface area contributed by atoms with Gasteiger partial charge in [-0.15, -0.1) is 5.10 Å². The Labute approximate surface area is 190 Å². The van der Waals surface area contributed by atoms with Gasteiger partial charge in [0, 0.05) is 30.6 Å². The van der Waals surface area contributed by atoms with Crippen molar-refractivity contribution in [3.05, 3.63) is 54.4 Å². The molecule has 0 saturated carbocycles. The fourth-order valence-corrected chi connectivity index (χ4v) is 3.51. The molecule has 0 fully saturated rings. The van der Waals surface area contributed by atoms with E-state index >= 15 is 0 Å². The minimum Gasteiger partial charge on any atom is -0.461 e. The number of aryl methyl sites for hydroxylation is 1. The molecular formula is C23H26N6O4. The van der Waals surface area contributed by atoms with E-state index in [0.717, 1.165) is 16.5 Å². The van der Waals surface area contributed by atoms with E-state index in [1.807, 2.05) is 42.1 Å². The van der Waals surface area contributed by atoms with Crippen molar-refractivity contribution in [3.63, 3.8) is 0 Å². The van der Waals surface area contributed by atoms with Crippen molar-refractivity contribution in [3.8, 4) is 11.6 Å². The highest BCUT2D eigenvalue weighted by atomic mass is 16.6. The van der Waals surface area contributed by atoms with Gasteiger partial charge in [-0.05, 0) is 44.5 Å². The van der Waals surface area contributed by atoms with E-state index < -0.39 is 23.6 Å². The molecule has 3 heterocycles. The number of ether oxygens (including phenoxy) is 1. The van der Waals surface area contributed by atoms with Gasteiger partial charge in [-0.25, -0.2) is 4.79 Å². The monoisotopic (exact) mass is 450 g/mol. The smallest absolute Gasteiger partial charge is 0.408 e. The highest BCUT2D eigenvalue weighted by molar-refractivity contribution is 5.96. The third-order valence-corrected chi connectivity index (χ3v) is 4.89. The topological polar surface area (TPSA) is 127 Å². The van der Waals surface area contributed by atoms with Crippen LogP contribution in [0.3, 0.4) is 0 Å². The summed E-state index contributed by atoms with van der Waals surface area (Å²) in [6.07, 6.45) is 3.03. The number of benzene rings is 1. The number of fused-ring (bicyclic) bond motifs is 1. The molecule has 33 heavy (non-hydrogen) atoms. The summed E-state index contributed by atoms with van der Waals surface area (Å²) in [5.74, 6) is 0.460. The standard InChI is InChI=1S/C23H26N6O4/c1-23(2,3)33-22(31)24-16(12-14-13-29(4)17-9-6-5-8-15(14)17)20(30)26-21-25-19(27-28-21)18-10-7-11-32-18/h5-11,13,16H,12H2,1-4H3,(H,24,31)(H2,25,26,27,28,30). The average molecular weight is 450 g/mol. The number of carbonyl (C=O) groups is 2. The summed E-state index contributed by atoms with van der Waals surface area (Å²) >= 11 is 0. The van der Waals surface area contributed by atoms with Gasteiger partial charge >= 0.3 is 6.09 Å². The van der Waals surface area contributed by atoms with Crippen LogP contribution in [0.5, 0.6) is 0 Å². The lowest BCUT2D eigenvalue weighted by atomic mass is 10.0. The van der Waals surface area contributed by atoms with Gasteiger partial charge in [0.2, 0.25) is 11.9 Å². The highest BCUT2D eigenvalue weighted by Gasteiger charge is 2.27. The molecule has 1 aromatic carbocycles. The Bertz CT molecular complexity index is 1270. The van der Waals surface area contributed by atoms with Gasteiger partial charge in [-0.2, -0.15) is 4.98 Å². The molecule has 1 atom stereocenters. The molecule has 10 heteroatoms. The molecule has 1 unspecified atom stereocenters. The number of amides is 2. The maximum absolute atomic E-state index is 13.2. The SMILES string of the molecule is Cn1cc(CC(NC(=O)OC(C)(C)C)C(=O)Nc2n[nH]c(-c3ccco3)n2)c2ccccc21. The first-order valence-corrected chi connectivity index (χ1v) is 10.5. The van der Waals surface area contributed by atoms with Crippen molar-refractivity contribution in [2.75, 3.05) is 5.32 Å². The zero-order valence-corrected chi connectivity index (χ0v) is 18.9. The van der Waals surface area contributed by atoms with Gasteiger partial charge in [0.05, 0.1) is 6.26 Å². The van der Waals surface area contributed by atoms with Crippen LogP contribution >= 0.6 is 0 Å². The lowest BCUT2D eigenvalue weighted by Gasteiger charge is -2.23. The quantitative estimate of drug-likeness (QED) is 0.412. The number of H-pyrrole nitrogens is 1. The summed E-state index contributed by atoms with van der Waals surface area (Å²) in [5.41, 5.74) is 1.24. The van der Waals surface area contributed by atoms with Gasteiger partial charge < -0.3 is 19.0 Å². The van der Waals surface area contributed by atoms with E-state index in [1.165, 1.54) is 6.26 Å². The van der Waals surface area contributed by atoms with Crippen molar-refractivity contribution in [2.45, 2.75) is 38.8 Å². The van der Waals surface area contributed by atoms with Crippen LogP contribution in [-0.2, 0) is 23.0 Å². The number of aromatic amines is 1. The highest BCUT2D eigenvalue weighted by Crippen LogP contribution is 2.22. The lowest BCUT2D eigenvalue weighted by Crippen LogP contribution is -2.47. The number of hydrogen-bond donors (Lipinski definition) is 3. The van der Waals surface area contributed by atoms with Crippen molar-refractivity contribution >= 4 is 28.9 Å². The molecule has 0 aliphatic carbocycles. The van der Waals surface area contributed by atoms with Gasteiger partial charge in [0.1, 0.15) is 11.6 Å². The summed E-state index contributed by atoms with van der Waals surface area (Å²) in [7, 11) is 1.94. The van der Waals surface area contributed by atoms with E-state index in [-0.39, 0.29) is 12.4 Å². The number of para-hydroxylation sites is 1. The fourth-order valence-electron chi connectivity index (χ4n) is 3.51. The summed E-state index contributed by atoms with van der Waals surface area (Å²) in [4.78, 5) is 29.9. The molecule has 0 aliphatic heterocycles. The molecule has 0 spiro atoms. The minimum absolute atomic E-state index is 0.0697. The van der Waals surface area contributed by atoms with Crippen LogP contribution in [0.25, 0.3) is 22.5 Å². The molecule has 3 aromatic heterocycles. The molecule has 0 aliphatic rings. The Balaban J connectivity index is 1.56. The van der Waals surface area contributed by atoms with Crippen molar-refractivity contribution in [1.82, 2.24) is 25.1 Å². The molecule has 3 N–H and O–H groups in total. The number of anilines is 1. The predicted molar refractivity (Wildman–Crippen MR) is 122 cm³/mol. The maximum Gasteiger partial charge on any atom is 0.408 e. The Kier molecular flexibility index (Phi) is 5.91. The van der Waals surface area contributed by atoms with Crippen LogP contribution < -0.4 is 10.6 Å². The summed E-state index contributed by atoms with van der Waals surface area (Å²) in [6.45, 7) is 5.28. The third-order valence-electron chi connectivity index (χ3n) is 4.89. The number of rotatable bonds is 6. The largest absolute Gasteiger partial charge is 0.461 e. The van der Waals surface area contributed by atoms with Crippen molar-refractivity contribution < 1.29 is 18.7 Å². The van der Waals surface area contributed by atoms with Crippen LogP contribution in [-0.4, -0.2) is 43.4 Å². The van der Waals surface area contributed by atoms with E-state index in [1.54, 1.807) is 32.9 Å². The average Bonchev–Trinajstić information content (AvgIpc) is 3.48. The number of carbonyl (C=O) groups excluding carboxylic acids is 2. The summed E-state index contributed by atoms with van der Waals surface area (Å²) < 4.78 is 12.6. The van der Waals surface area contributed by atoms with E-state index in [0.29, 0.717) is 11.6 Å². The second kappa shape index (κ2) is 8.81. The first-order chi connectivity index (χ1) is 15.7. The Morgan fingerprint density at radius 3 is 2.73 bits per heavy atom. The fraction of sp³-hybridized carbons (Fsp3) is 0.304. The van der Waals surface area contributed by atoms with Gasteiger partial charge in [-0.3, -0.25) is 15.2 Å². The van der Waals surface area contributed by atoms with Crippen LogP contribution in [0.15, 0.2) is 53.3 Å². The number of aromatic nitrogens is 4. The zero-order chi connectivity index (χ0) is 23.6. The minimum atomic E-state index is -0.920. The van der Waals surface area contributed by atoms with Crippen LogP contribution in [0.1, 0.15) is 26.3 Å². The van der Waals surface area contributed by atoms with Crippen molar-refractivity contribution in [2.24, 2.45) is 7.05 Å². The van der Waals surface area contributed by atoms with Gasteiger partial charge in [0.25, 0.3) is 0 Å². The molecule has 0 radical (unpaired) electrons. The number of furan rings is 1. The molecule has 172 valence electrons. The first-order valence-electron chi connectivity index (χ1n) is 10.5. The Morgan fingerprint density at radius 2 is 2.00 bits per heavy atom. The zero-order valence-electron chi connectivity index (χ0n) is 18.9. The molecule has 10 nitrogen and oxygen atoms in total. The summed E-state index contributed by atoms with van der Waals surface area (Å²) in [6, 6.07) is 10.4. The predicted octanol–water partition coefficient (Wildman–Crippen LogP) is 3.63. The molecule has 4 rings (SSSR count). The van der Waals surface area contributed by atoms with Gasteiger partial charge in [0.15, 0.2) is 11.6 Å². The third kappa shape index (κ3) is 5.22. The normalized spacial score (nSPS) is 12.5. The Morgan fingerprint density at radius 1 is 1.21 bits per heavy atom. The Hall–Kier alpha value is -4.08. The number of hydrogen-bond acceptors (Lipinski definition) is 6. The second-order valence-corrected chi connectivity index (χ2v) is 8.66. The molecular weight excluding hydrogens is 424 g/mol. The second-order valence-electron chi connectivity index (χ2n) is 8.66. The number of nitrogens with one attached hydrogen (secondary N) is 3. The van der Waals surface area contributed by atoms with E-state index in [9.17, 15) is 9.59 Å². The first kappa shape index (κ1) is 22.1. The van der Waals surface area contributed by atoms with E-state index in [4.69, 9.17) is 9.15 Å². The number of nitrogens with zero attached hydrogens (tertiary/aromatic N) is 3. The van der Waals surface area contributed by atoms with Crippen LogP contribution in [0.4, 0.5) is 10.7 Å². The summed E-state index contributed by atoms with van der Waals surface area (Å²) in [5, 5.41) is 13.1. The van der Waals surface area contributed by atoms with E-state index in [2.05, 4.69) is 25.8 Å². The maximum atomic E-state index is 13.2. The molecule has 0 bridgehead atoms. The molecule has 0 saturated heterocycles. The molecule has 4 aromatic rings. The lowest BCUT2D eigenvalue weighted by molar-refractivity contribution is -0.118. The van der Waals surface area contributed by atoms with Gasteiger partial charge in [-0.1, -0.05) is 18.2 Å². The van der Waals surface area contributed by atoms with Crippen LogP contribution in [0.2, 0.25) is 0 Å².